The number of carboxylic acid groups (broad SMARTS) is 1. The van der Waals surface area contributed by atoms with E-state index < -0.39 is 12.0 Å². The molecule has 0 amide bonds. The van der Waals surface area contributed by atoms with Crippen molar-refractivity contribution in [2.45, 2.75) is 19.0 Å². The Hall–Kier alpha value is -2.33. The number of carboxylic acids is 1. The minimum atomic E-state index is -0.853. The average Bonchev–Trinajstić information content (AvgIpc) is 2.52. The number of nitrogens with one attached hydrogen (secondary N) is 1. The third-order valence-corrected chi connectivity index (χ3v) is 3.31. The summed E-state index contributed by atoms with van der Waals surface area (Å²) in [5, 5.41) is 12.4. The first-order valence-corrected chi connectivity index (χ1v) is 6.82. The van der Waals surface area contributed by atoms with E-state index in [2.05, 4.69) is 5.32 Å². The molecule has 0 fully saturated rings. The zero-order valence-corrected chi connectivity index (χ0v) is 12.0. The molecule has 110 valence electrons. The topological polar surface area (TPSA) is 58.6 Å². The van der Waals surface area contributed by atoms with Gasteiger partial charge in [0.2, 0.25) is 0 Å². The second-order valence-electron chi connectivity index (χ2n) is 4.77. The summed E-state index contributed by atoms with van der Waals surface area (Å²) in [6, 6.07) is 16.6. The summed E-state index contributed by atoms with van der Waals surface area (Å²) >= 11 is 0. The maximum Gasteiger partial charge on any atom is 0.321 e. The highest BCUT2D eigenvalue weighted by Crippen LogP contribution is 2.17. The molecule has 2 aromatic rings. The second-order valence-corrected chi connectivity index (χ2v) is 4.77. The molecular formula is C17H19NO3. The molecule has 0 aromatic heterocycles. The maximum atomic E-state index is 11.4. The lowest BCUT2D eigenvalue weighted by Gasteiger charge is -2.16. The van der Waals surface area contributed by atoms with Gasteiger partial charge in [-0.15, -0.1) is 0 Å². The van der Waals surface area contributed by atoms with Gasteiger partial charge in [0.15, 0.2) is 0 Å². The summed E-state index contributed by atoms with van der Waals surface area (Å²) in [5.41, 5.74) is 1.94. The molecular weight excluding hydrogens is 266 g/mol. The van der Waals surface area contributed by atoms with Gasteiger partial charge in [0, 0.05) is 12.1 Å². The van der Waals surface area contributed by atoms with Crippen LogP contribution in [0.15, 0.2) is 54.6 Å². The fourth-order valence-electron chi connectivity index (χ4n) is 2.18. The van der Waals surface area contributed by atoms with Gasteiger partial charge in [-0.25, -0.2) is 0 Å². The lowest BCUT2D eigenvalue weighted by Crippen LogP contribution is -2.38. The van der Waals surface area contributed by atoms with Crippen molar-refractivity contribution < 1.29 is 14.6 Å². The van der Waals surface area contributed by atoms with Crippen LogP contribution in [0.25, 0.3) is 0 Å². The molecule has 2 aromatic carbocycles. The Morgan fingerprint density at radius 3 is 2.48 bits per heavy atom. The number of para-hydroxylation sites is 1. The van der Waals surface area contributed by atoms with Crippen LogP contribution in [0.4, 0.5) is 0 Å². The number of benzene rings is 2. The van der Waals surface area contributed by atoms with Crippen LogP contribution in [-0.4, -0.2) is 24.2 Å². The number of rotatable bonds is 7. The van der Waals surface area contributed by atoms with Gasteiger partial charge in [0.25, 0.3) is 0 Å². The third kappa shape index (κ3) is 4.33. The predicted octanol–water partition coefficient (Wildman–Crippen LogP) is 2.48. The quantitative estimate of drug-likeness (QED) is 0.820. The van der Waals surface area contributed by atoms with Gasteiger partial charge in [0.05, 0.1) is 7.11 Å². The van der Waals surface area contributed by atoms with Crippen LogP contribution in [0, 0.1) is 0 Å². The van der Waals surface area contributed by atoms with E-state index in [-0.39, 0.29) is 0 Å². The van der Waals surface area contributed by atoms with E-state index in [4.69, 9.17) is 4.74 Å². The minimum Gasteiger partial charge on any atom is -0.496 e. The van der Waals surface area contributed by atoms with Crippen LogP contribution < -0.4 is 10.1 Å². The Morgan fingerprint density at radius 2 is 1.81 bits per heavy atom. The number of hydrogen-bond acceptors (Lipinski definition) is 3. The van der Waals surface area contributed by atoms with Gasteiger partial charge in [0.1, 0.15) is 11.8 Å². The van der Waals surface area contributed by atoms with Crippen molar-refractivity contribution in [3.05, 3.63) is 65.7 Å². The van der Waals surface area contributed by atoms with E-state index in [1.54, 1.807) is 7.11 Å². The van der Waals surface area contributed by atoms with Crippen molar-refractivity contribution in [2.75, 3.05) is 7.11 Å². The summed E-state index contributed by atoms with van der Waals surface area (Å²) in [6.07, 6.45) is 0.450. The van der Waals surface area contributed by atoms with Crippen LogP contribution >= 0.6 is 0 Å². The number of hydrogen-bond donors (Lipinski definition) is 2. The molecule has 1 unspecified atom stereocenters. The molecule has 0 aliphatic heterocycles. The van der Waals surface area contributed by atoms with Crippen molar-refractivity contribution in [1.29, 1.82) is 0 Å². The van der Waals surface area contributed by atoms with Crippen molar-refractivity contribution in [3.63, 3.8) is 0 Å². The molecule has 0 aliphatic rings. The standard InChI is InChI=1S/C17H19NO3/c1-21-16-10-6-5-9-14(16)12-18-15(17(19)20)11-13-7-3-2-4-8-13/h2-10,15,18H,11-12H2,1H3,(H,19,20). The third-order valence-electron chi connectivity index (χ3n) is 3.31. The zero-order chi connectivity index (χ0) is 15.1. The highest BCUT2D eigenvalue weighted by atomic mass is 16.5. The van der Waals surface area contributed by atoms with Gasteiger partial charge < -0.3 is 9.84 Å². The van der Waals surface area contributed by atoms with Gasteiger partial charge in [-0.05, 0) is 18.1 Å². The molecule has 4 nitrogen and oxygen atoms in total. The lowest BCUT2D eigenvalue weighted by atomic mass is 10.1. The average molecular weight is 285 g/mol. The number of aliphatic carboxylic acids is 1. The minimum absolute atomic E-state index is 0.450. The molecule has 0 radical (unpaired) electrons. The molecule has 0 saturated carbocycles. The first-order chi connectivity index (χ1) is 10.2. The summed E-state index contributed by atoms with van der Waals surface area (Å²) in [7, 11) is 1.61. The van der Waals surface area contributed by atoms with Crippen LogP contribution in [0.2, 0.25) is 0 Å². The summed E-state index contributed by atoms with van der Waals surface area (Å²) in [4.78, 5) is 11.4. The first kappa shape index (κ1) is 15.1. The smallest absolute Gasteiger partial charge is 0.321 e. The van der Waals surface area contributed by atoms with Crippen molar-refractivity contribution >= 4 is 5.97 Å². The van der Waals surface area contributed by atoms with Crippen LogP contribution in [0.5, 0.6) is 5.75 Å². The molecule has 0 aliphatic carbocycles. The van der Waals surface area contributed by atoms with E-state index in [0.29, 0.717) is 13.0 Å². The zero-order valence-electron chi connectivity index (χ0n) is 12.0. The Bertz CT molecular complexity index is 584. The second kappa shape index (κ2) is 7.45. The van der Waals surface area contributed by atoms with Gasteiger partial charge >= 0.3 is 5.97 Å². The van der Waals surface area contributed by atoms with Gasteiger partial charge in [-0.3, -0.25) is 10.1 Å². The molecule has 0 heterocycles. The molecule has 0 bridgehead atoms. The molecule has 2 rings (SSSR count). The van der Waals surface area contributed by atoms with Crippen molar-refractivity contribution in [3.8, 4) is 5.75 Å². The molecule has 4 heteroatoms. The van der Waals surface area contributed by atoms with E-state index in [0.717, 1.165) is 16.9 Å². The Kier molecular flexibility index (Phi) is 5.35. The van der Waals surface area contributed by atoms with Crippen LogP contribution in [0.1, 0.15) is 11.1 Å². The Balaban J connectivity index is 2.02. The van der Waals surface area contributed by atoms with Gasteiger partial charge in [-0.1, -0.05) is 48.5 Å². The van der Waals surface area contributed by atoms with Gasteiger partial charge in [-0.2, -0.15) is 0 Å². The fourth-order valence-corrected chi connectivity index (χ4v) is 2.18. The molecule has 0 saturated heterocycles. The molecule has 2 N–H and O–H groups in total. The summed E-state index contributed by atoms with van der Waals surface area (Å²) in [6.45, 7) is 0.452. The molecule has 0 spiro atoms. The summed E-state index contributed by atoms with van der Waals surface area (Å²) < 4.78 is 5.27. The van der Waals surface area contributed by atoms with E-state index in [1.807, 2.05) is 54.6 Å². The van der Waals surface area contributed by atoms with Crippen LogP contribution in [-0.2, 0) is 17.8 Å². The first-order valence-electron chi connectivity index (χ1n) is 6.82. The Labute approximate surface area is 124 Å². The molecule has 21 heavy (non-hydrogen) atoms. The largest absolute Gasteiger partial charge is 0.496 e. The normalized spacial score (nSPS) is 11.9. The SMILES string of the molecule is COc1ccccc1CNC(Cc1ccccc1)C(=O)O. The Morgan fingerprint density at radius 1 is 1.14 bits per heavy atom. The van der Waals surface area contributed by atoms with E-state index in [9.17, 15) is 9.90 Å². The monoisotopic (exact) mass is 285 g/mol. The van der Waals surface area contributed by atoms with Crippen LogP contribution in [0.3, 0.4) is 0 Å². The van der Waals surface area contributed by atoms with E-state index >= 15 is 0 Å². The van der Waals surface area contributed by atoms with E-state index in [1.165, 1.54) is 0 Å². The fraction of sp³-hybridized carbons (Fsp3) is 0.235. The van der Waals surface area contributed by atoms with Crippen molar-refractivity contribution in [2.24, 2.45) is 0 Å². The number of carbonyl (C=O) groups is 1. The molecule has 1 atom stereocenters. The van der Waals surface area contributed by atoms with Crippen molar-refractivity contribution in [1.82, 2.24) is 5.32 Å². The summed E-state index contributed by atoms with van der Waals surface area (Å²) in [5.74, 6) is -0.0948. The number of ether oxygens (including phenoxy) is 1. The predicted molar refractivity (Wildman–Crippen MR) is 81.4 cm³/mol. The number of methoxy groups -OCH3 is 1. The highest BCUT2D eigenvalue weighted by molar-refractivity contribution is 5.73. The maximum absolute atomic E-state index is 11.4. The lowest BCUT2D eigenvalue weighted by molar-refractivity contribution is -0.139. The highest BCUT2D eigenvalue weighted by Gasteiger charge is 2.17.